The minimum atomic E-state index is -0.576. The van der Waals surface area contributed by atoms with E-state index in [1.54, 1.807) is 16.8 Å². The monoisotopic (exact) mass is 612 g/mol. The van der Waals surface area contributed by atoms with E-state index in [2.05, 4.69) is 51.4 Å². The molecule has 0 radical (unpaired) electrons. The molecule has 3 amide bonds. The Balaban J connectivity index is 1.18. The summed E-state index contributed by atoms with van der Waals surface area (Å²) < 4.78 is 5.69. The zero-order valence-electron chi connectivity index (χ0n) is 26.9. The maximum atomic E-state index is 13.9. The van der Waals surface area contributed by atoms with Crippen LogP contribution < -0.4 is 15.1 Å². The maximum Gasteiger partial charge on any atom is 0.410 e. The van der Waals surface area contributed by atoms with Crippen LogP contribution in [0.3, 0.4) is 0 Å². The van der Waals surface area contributed by atoms with Crippen molar-refractivity contribution in [3.63, 3.8) is 0 Å². The van der Waals surface area contributed by atoms with Gasteiger partial charge in [-0.1, -0.05) is 30.3 Å². The number of urea groups is 1. The van der Waals surface area contributed by atoms with Crippen LogP contribution in [0.4, 0.5) is 32.7 Å². The molecule has 2 fully saturated rings. The SMILES string of the molecule is CN1CCN(c2ccc(Nc3ncc4c(n3)N(C)C(=O)N(C3CCN(C(=O)OC(C)(C)C)CC3c3ccccc3)C4)cc2)CC1. The molecule has 6 rings (SSSR count). The summed E-state index contributed by atoms with van der Waals surface area (Å²) in [6.45, 7) is 11.2. The summed E-state index contributed by atoms with van der Waals surface area (Å²) in [7, 11) is 3.92. The second-order valence-corrected chi connectivity index (χ2v) is 13.3. The summed E-state index contributed by atoms with van der Waals surface area (Å²) >= 11 is 0. The molecule has 0 spiro atoms. The predicted octanol–water partition coefficient (Wildman–Crippen LogP) is 5.14. The molecule has 3 aliphatic heterocycles. The number of nitrogens with zero attached hydrogens (tertiary/aromatic N) is 7. The minimum absolute atomic E-state index is 0.0676. The highest BCUT2D eigenvalue weighted by Gasteiger charge is 2.42. The third-order valence-electron chi connectivity index (χ3n) is 8.88. The van der Waals surface area contributed by atoms with Crippen molar-refractivity contribution in [3.8, 4) is 0 Å². The van der Waals surface area contributed by atoms with Gasteiger partial charge in [-0.25, -0.2) is 14.6 Å². The lowest BCUT2D eigenvalue weighted by molar-refractivity contribution is 0.0125. The fourth-order valence-corrected chi connectivity index (χ4v) is 6.44. The van der Waals surface area contributed by atoms with Crippen LogP contribution in [-0.4, -0.2) is 102 Å². The first-order valence-electron chi connectivity index (χ1n) is 15.8. The van der Waals surface area contributed by atoms with Gasteiger partial charge in [-0.3, -0.25) is 4.90 Å². The average molecular weight is 613 g/mol. The molecule has 0 saturated carbocycles. The molecule has 2 unspecified atom stereocenters. The molecule has 1 N–H and O–H groups in total. The Morgan fingerprint density at radius 3 is 2.36 bits per heavy atom. The van der Waals surface area contributed by atoms with Crippen molar-refractivity contribution >= 4 is 35.3 Å². The third-order valence-corrected chi connectivity index (χ3v) is 8.88. The molecule has 2 aromatic carbocycles. The summed E-state index contributed by atoms with van der Waals surface area (Å²) in [6, 6.07) is 18.2. The molecule has 3 aromatic rings. The summed E-state index contributed by atoms with van der Waals surface area (Å²) in [5.74, 6) is 0.981. The number of rotatable bonds is 5. The predicted molar refractivity (Wildman–Crippen MR) is 176 cm³/mol. The molecule has 0 aliphatic carbocycles. The standard InChI is InChI=1S/C34H44N8O3/c1-34(2,3)45-33(44)41-16-15-29(28(23-41)24-9-7-6-8-10-24)42-22-25-21-35-31(37-30(25)39(5)32(42)43)36-26-11-13-27(14-12-26)40-19-17-38(4)18-20-40/h6-14,21,28-29H,15-20,22-23H2,1-5H3,(H,35,36,37). The van der Waals surface area contributed by atoms with Crippen LogP contribution in [0.1, 0.15) is 44.2 Å². The molecule has 238 valence electrons. The van der Waals surface area contributed by atoms with Gasteiger partial charge < -0.3 is 29.7 Å². The molecule has 2 saturated heterocycles. The van der Waals surface area contributed by atoms with E-state index in [1.807, 2.05) is 62.2 Å². The lowest BCUT2D eigenvalue weighted by Gasteiger charge is -2.46. The number of amides is 3. The molecular formula is C34H44N8O3. The van der Waals surface area contributed by atoms with Crippen molar-refractivity contribution in [2.75, 3.05) is 68.5 Å². The first-order chi connectivity index (χ1) is 21.6. The Hall–Kier alpha value is -4.38. The molecule has 0 bridgehead atoms. The number of hydrogen-bond acceptors (Lipinski definition) is 8. The van der Waals surface area contributed by atoms with Crippen LogP contribution in [0, 0.1) is 0 Å². The quantitative estimate of drug-likeness (QED) is 0.423. The average Bonchev–Trinajstić information content (AvgIpc) is 3.03. The highest BCUT2D eigenvalue weighted by molar-refractivity contribution is 5.93. The molecule has 1 aromatic heterocycles. The van der Waals surface area contributed by atoms with Gasteiger partial charge in [0.2, 0.25) is 5.95 Å². The van der Waals surface area contributed by atoms with Crippen LogP contribution in [0.25, 0.3) is 0 Å². The van der Waals surface area contributed by atoms with Crippen LogP contribution in [0.5, 0.6) is 0 Å². The molecule has 11 heteroatoms. The highest BCUT2D eigenvalue weighted by atomic mass is 16.6. The number of likely N-dealkylation sites (tertiary alicyclic amines) is 1. The number of aromatic nitrogens is 2. The first-order valence-corrected chi connectivity index (χ1v) is 15.8. The Morgan fingerprint density at radius 2 is 1.67 bits per heavy atom. The Bertz CT molecular complexity index is 1500. The van der Waals surface area contributed by atoms with Crippen LogP contribution in [0.2, 0.25) is 0 Å². The number of fused-ring (bicyclic) bond motifs is 1. The van der Waals surface area contributed by atoms with Crippen LogP contribution >= 0.6 is 0 Å². The molecule has 2 atom stereocenters. The Labute approximate surface area is 265 Å². The number of hydrogen-bond donors (Lipinski definition) is 1. The van der Waals surface area contributed by atoms with Crippen LogP contribution in [-0.2, 0) is 11.3 Å². The van der Waals surface area contributed by atoms with Crippen molar-refractivity contribution in [2.24, 2.45) is 0 Å². The Morgan fingerprint density at radius 1 is 0.956 bits per heavy atom. The van der Waals surface area contributed by atoms with Crippen molar-refractivity contribution in [1.82, 2.24) is 24.7 Å². The van der Waals surface area contributed by atoms with Crippen molar-refractivity contribution in [3.05, 3.63) is 71.9 Å². The zero-order valence-corrected chi connectivity index (χ0v) is 26.9. The minimum Gasteiger partial charge on any atom is -0.444 e. The van der Waals surface area contributed by atoms with Gasteiger partial charge in [-0.15, -0.1) is 0 Å². The number of likely N-dealkylation sites (N-methyl/N-ethyl adjacent to an activating group) is 1. The number of nitrogens with one attached hydrogen (secondary N) is 1. The number of piperazine rings is 1. The zero-order chi connectivity index (χ0) is 31.7. The number of carbonyl (C=O) groups is 2. The lowest BCUT2D eigenvalue weighted by Crippen LogP contribution is -2.57. The molecule has 45 heavy (non-hydrogen) atoms. The fourth-order valence-electron chi connectivity index (χ4n) is 6.44. The second-order valence-electron chi connectivity index (χ2n) is 13.3. The molecule has 11 nitrogen and oxygen atoms in total. The van der Waals surface area contributed by atoms with Gasteiger partial charge in [-0.05, 0) is 64.1 Å². The van der Waals surface area contributed by atoms with Crippen molar-refractivity contribution < 1.29 is 14.3 Å². The summed E-state index contributed by atoms with van der Waals surface area (Å²) in [4.78, 5) is 46.3. The third kappa shape index (κ3) is 6.83. The van der Waals surface area contributed by atoms with E-state index in [0.717, 1.165) is 43.0 Å². The number of anilines is 4. The van der Waals surface area contributed by atoms with E-state index >= 15 is 0 Å². The number of benzene rings is 2. The van der Waals surface area contributed by atoms with E-state index in [4.69, 9.17) is 9.72 Å². The topological polar surface area (TPSA) is 97.4 Å². The van der Waals surface area contributed by atoms with Gasteiger partial charge in [0, 0.05) is 81.4 Å². The highest BCUT2D eigenvalue weighted by Crippen LogP contribution is 2.37. The summed E-state index contributed by atoms with van der Waals surface area (Å²) in [5.41, 5.74) is 3.49. The maximum absolute atomic E-state index is 13.9. The van der Waals surface area contributed by atoms with Gasteiger partial charge in [-0.2, -0.15) is 4.98 Å². The van der Waals surface area contributed by atoms with E-state index in [1.165, 1.54) is 5.69 Å². The fraction of sp³-hybridized carbons (Fsp3) is 0.471. The van der Waals surface area contributed by atoms with Crippen molar-refractivity contribution in [2.45, 2.75) is 51.3 Å². The van der Waals surface area contributed by atoms with E-state index < -0.39 is 5.60 Å². The molecule has 4 heterocycles. The smallest absolute Gasteiger partial charge is 0.410 e. The second kappa shape index (κ2) is 12.5. The van der Waals surface area contributed by atoms with E-state index in [-0.39, 0.29) is 24.1 Å². The van der Waals surface area contributed by atoms with Gasteiger partial charge in [0.25, 0.3) is 0 Å². The molecular weight excluding hydrogens is 568 g/mol. The van der Waals surface area contributed by atoms with E-state index in [9.17, 15) is 9.59 Å². The molecule has 3 aliphatic rings. The van der Waals surface area contributed by atoms with Gasteiger partial charge in [0.15, 0.2) is 0 Å². The normalized spacial score (nSPS) is 21.0. The number of carbonyl (C=O) groups excluding carboxylic acids is 2. The van der Waals surface area contributed by atoms with E-state index in [0.29, 0.717) is 37.8 Å². The van der Waals surface area contributed by atoms with Gasteiger partial charge in [0.1, 0.15) is 11.4 Å². The van der Waals surface area contributed by atoms with Crippen LogP contribution in [0.15, 0.2) is 60.8 Å². The first kappa shape index (κ1) is 30.6. The largest absolute Gasteiger partial charge is 0.444 e. The Kier molecular flexibility index (Phi) is 8.54. The summed E-state index contributed by atoms with van der Waals surface area (Å²) in [6.07, 6.45) is 2.13. The number of piperidine rings is 1. The number of ether oxygens (including phenoxy) is 1. The van der Waals surface area contributed by atoms with Crippen molar-refractivity contribution in [1.29, 1.82) is 0 Å². The summed E-state index contributed by atoms with van der Waals surface area (Å²) in [5, 5.41) is 3.31. The van der Waals surface area contributed by atoms with Gasteiger partial charge >= 0.3 is 12.1 Å². The van der Waals surface area contributed by atoms with Gasteiger partial charge in [0.05, 0.1) is 6.54 Å². The lowest BCUT2D eigenvalue weighted by atomic mass is 9.84.